The van der Waals surface area contributed by atoms with Gasteiger partial charge in [-0.05, 0) is 45.2 Å². The lowest BCUT2D eigenvalue weighted by atomic mass is 10.1. The number of rotatable bonds is 3. The molecule has 0 spiro atoms. The van der Waals surface area contributed by atoms with Gasteiger partial charge in [-0.1, -0.05) is 13.8 Å². The Morgan fingerprint density at radius 3 is 2.58 bits per heavy atom. The van der Waals surface area contributed by atoms with E-state index in [0.717, 1.165) is 13.0 Å². The van der Waals surface area contributed by atoms with Crippen LogP contribution in [0.5, 0.6) is 0 Å². The summed E-state index contributed by atoms with van der Waals surface area (Å²) in [5.74, 6) is 0.621. The molecular formula is C7H11NOS3. The first-order chi connectivity index (χ1) is 5.61. The Bertz CT molecular complexity index is 319. The first kappa shape index (κ1) is 10.1. The zero-order valence-electron chi connectivity index (χ0n) is 7.07. The van der Waals surface area contributed by atoms with Gasteiger partial charge in [0.2, 0.25) is 0 Å². The molecule has 1 aromatic rings. The second-order valence-corrected chi connectivity index (χ2v) is 5.75. The van der Waals surface area contributed by atoms with Crippen LogP contribution in [0.4, 0.5) is 0 Å². The normalized spacial score (nSPS) is 10.9. The predicted molar refractivity (Wildman–Crippen MR) is 56.7 cm³/mol. The first-order valence-corrected chi connectivity index (χ1v) is 6.37. The van der Waals surface area contributed by atoms with Gasteiger partial charge in [0, 0.05) is 6.54 Å². The quantitative estimate of drug-likeness (QED) is 0.578. The van der Waals surface area contributed by atoms with E-state index in [1.54, 1.807) is 4.57 Å². The van der Waals surface area contributed by atoms with E-state index in [1.165, 1.54) is 20.7 Å². The molecule has 1 aromatic heterocycles. The number of hydrogen-bond acceptors (Lipinski definition) is 4. The highest BCUT2D eigenvalue weighted by Crippen LogP contribution is 2.07. The van der Waals surface area contributed by atoms with Gasteiger partial charge < -0.3 is 0 Å². The van der Waals surface area contributed by atoms with Crippen molar-refractivity contribution in [1.82, 2.24) is 4.57 Å². The van der Waals surface area contributed by atoms with Crippen LogP contribution in [0, 0.1) is 9.87 Å². The second kappa shape index (κ2) is 4.30. The van der Waals surface area contributed by atoms with Gasteiger partial charge in [0.25, 0.3) is 0 Å². The van der Waals surface area contributed by atoms with Crippen LogP contribution in [-0.2, 0) is 6.54 Å². The molecule has 0 aromatic carbocycles. The standard InChI is InChI=1S/C7H11NOS3/c1-5(2)3-4-8-6(9)11-12-7(8)10/h5H,3-4H2,1-2H3. The third-order valence-corrected chi connectivity index (χ3v) is 4.30. The van der Waals surface area contributed by atoms with Crippen molar-refractivity contribution in [2.75, 3.05) is 0 Å². The predicted octanol–water partition coefficient (Wildman–Crippen LogP) is 2.75. The van der Waals surface area contributed by atoms with E-state index in [1.807, 2.05) is 0 Å². The highest BCUT2D eigenvalue weighted by Gasteiger charge is 2.01. The molecule has 0 saturated heterocycles. The van der Waals surface area contributed by atoms with Crippen LogP contribution in [0.25, 0.3) is 0 Å². The minimum Gasteiger partial charge on any atom is -0.281 e. The molecule has 0 aliphatic carbocycles. The largest absolute Gasteiger partial charge is 0.318 e. The third-order valence-electron chi connectivity index (χ3n) is 1.56. The Hall–Kier alpha value is -0.0000000000000000555. The van der Waals surface area contributed by atoms with Gasteiger partial charge in [-0.25, -0.2) is 0 Å². The van der Waals surface area contributed by atoms with E-state index < -0.39 is 0 Å². The molecule has 68 valence electrons. The Labute approximate surface area is 83.9 Å². The minimum absolute atomic E-state index is 0.0886. The van der Waals surface area contributed by atoms with Crippen LogP contribution in [0.1, 0.15) is 20.3 Å². The molecule has 0 amide bonds. The molecule has 0 fully saturated rings. The van der Waals surface area contributed by atoms with Gasteiger partial charge in [-0.15, -0.1) is 0 Å². The van der Waals surface area contributed by atoms with Gasteiger partial charge in [0.05, 0.1) is 0 Å². The van der Waals surface area contributed by atoms with E-state index in [-0.39, 0.29) is 4.87 Å². The molecule has 0 aliphatic heterocycles. The van der Waals surface area contributed by atoms with Crippen molar-refractivity contribution in [2.24, 2.45) is 5.92 Å². The van der Waals surface area contributed by atoms with Gasteiger partial charge in [-0.3, -0.25) is 9.36 Å². The number of nitrogens with zero attached hydrogens (tertiary/aromatic N) is 1. The van der Waals surface area contributed by atoms with Crippen molar-refractivity contribution in [3.63, 3.8) is 0 Å². The molecule has 0 unspecified atom stereocenters. The molecular weight excluding hydrogens is 210 g/mol. The van der Waals surface area contributed by atoms with Crippen molar-refractivity contribution in [2.45, 2.75) is 26.8 Å². The lowest BCUT2D eigenvalue weighted by Gasteiger charge is -2.03. The van der Waals surface area contributed by atoms with Crippen LogP contribution in [0.15, 0.2) is 4.79 Å². The van der Waals surface area contributed by atoms with Gasteiger partial charge >= 0.3 is 4.87 Å². The van der Waals surface area contributed by atoms with Crippen molar-refractivity contribution in [3.8, 4) is 0 Å². The fourth-order valence-corrected chi connectivity index (χ4v) is 3.05. The lowest BCUT2D eigenvalue weighted by Crippen LogP contribution is -2.14. The van der Waals surface area contributed by atoms with E-state index >= 15 is 0 Å². The van der Waals surface area contributed by atoms with E-state index in [0.29, 0.717) is 9.87 Å². The Morgan fingerprint density at radius 1 is 1.50 bits per heavy atom. The Kier molecular flexibility index (Phi) is 3.61. The van der Waals surface area contributed by atoms with E-state index in [4.69, 9.17) is 12.2 Å². The van der Waals surface area contributed by atoms with E-state index in [2.05, 4.69) is 13.8 Å². The van der Waals surface area contributed by atoms with Crippen molar-refractivity contribution in [3.05, 3.63) is 13.6 Å². The molecule has 0 atom stereocenters. The molecule has 1 heterocycles. The molecule has 12 heavy (non-hydrogen) atoms. The smallest absolute Gasteiger partial charge is 0.281 e. The Balaban J connectivity index is 2.75. The first-order valence-electron chi connectivity index (χ1n) is 3.81. The van der Waals surface area contributed by atoms with Crippen LogP contribution in [0.2, 0.25) is 0 Å². The third kappa shape index (κ3) is 2.50. The summed E-state index contributed by atoms with van der Waals surface area (Å²) in [6, 6.07) is 0. The van der Waals surface area contributed by atoms with Gasteiger partial charge in [-0.2, -0.15) is 0 Å². The average molecular weight is 221 g/mol. The topological polar surface area (TPSA) is 22.0 Å². The highest BCUT2D eigenvalue weighted by molar-refractivity contribution is 7.79. The molecule has 0 radical (unpaired) electrons. The second-order valence-electron chi connectivity index (χ2n) is 3.03. The average Bonchev–Trinajstić information content (AvgIpc) is 2.28. The summed E-state index contributed by atoms with van der Waals surface area (Å²) in [6.45, 7) is 5.06. The SMILES string of the molecule is CC(C)CCn1c(=O)ssc1=S. The summed E-state index contributed by atoms with van der Waals surface area (Å²) < 4.78 is 2.40. The maximum absolute atomic E-state index is 11.2. The van der Waals surface area contributed by atoms with Gasteiger partial charge in [0.1, 0.15) is 0 Å². The van der Waals surface area contributed by atoms with Crippen LogP contribution < -0.4 is 4.87 Å². The zero-order chi connectivity index (χ0) is 9.14. The summed E-state index contributed by atoms with van der Waals surface area (Å²) >= 11 is 5.02. The summed E-state index contributed by atoms with van der Waals surface area (Å²) in [7, 11) is 2.62. The molecule has 0 bridgehead atoms. The number of aromatic nitrogens is 1. The zero-order valence-corrected chi connectivity index (χ0v) is 9.52. The van der Waals surface area contributed by atoms with Crippen molar-refractivity contribution >= 4 is 32.9 Å². The van der Waals surface area contributed by atoms with Gasteiger partial charge in [0.15, 0.2) is 3.95 Å². The monoisotopic (exact) mass is 221 g/mol. The highest BCUT2D eigenvalue weighted by atomic mass is 32.9. The maximum Gasteiger partial charge on any atom is 0.318 e. The molecule has 1 rings (SSSR count). The summed E-state index contributed by atoms with van der Waals surface area (Å²) in [6.07, 6.45) is 1.02. The maximum atomic E-state index is 11.2. The molecule has 2 nitrogen and oxygen atoms in total. The van der Waals surface area contributed by atoms with Crippen LogP contribution >= 0.6 is 32.9 Å². The van der Waals surface area contributed by atoms with Crippen molar-refractivity contribution in [1.29, 1.82) is 0 Å². The summed E-state index contributed by atoms with van der Waals surface area (Å²) in [5, 5.41) is 0. The van der Waals surface area contributed by atoms with Crippen LogP contribution in [-0.4, -0.2) is 4.57 Å². The lowest BCUT2D eigenvalue weighted by molar-refractivity contribution is 0.511. The summed E-state index contributed by atoms with van der Waals surface area (Å²) in [4.78, 5) is 11.3. The number of hydrogen-bond donors (Lipinski definition) is 0. The van der Waals surface area contributed by atoms with Crippen LogP contribution in [0.3, 0.4) is 0 Å². The molecule has 0 saturated carbocycles. The molecule has 0 aliphatic rings. The fraction of sp³-hybridized carbons (Fsp3) is 0.714. The van der Waals surface area contributed by atoms with E-state index in [9.17, 15) is 4.79 Å². The molecule has 0 N–H and O–H groups in total. The summed E-state index contributed by atoms with van der Waals surface area (Å²) in [5.41, 5.74) is 0. The van der Waals surface area contributed by atoms with Crippen molar-refractivity contribution < 1.29 is 0 Å². The fourth-order valence-electron chi connectivity index (χ4n) is 0.806. The molecule has 5 heteroatoms. The Morgan fingerprint density at radius 2 is 2.17 bits per heavy atom. The minimum atomic E-state index is 0.0886.